The number of sulfonamides is 1. The normalized spacial score (nSPS) is 11.6. The van der Waals surface area contributed by atoms with Gasteiger partial charge in [0, 0.05) is 30.0 Å². The fourth-order valence-electron chi connectivity index (χ4n) is 3.25. The van der Waals surface area contributed by atoms with Gasteiger partial charge in [0.1, 0.15) is 5.82 Å². The molecular formula is C20H20BrN7O2S. The van der Waals surface area contributed by atoms with Crippen molar-refractivity contribution in [1.29, 1.82) is 0 Å². The number of aryl methyl sites for hydroxylation is 2. The SMILES string of the molecule is Cc1cc(Nc2ncc(Br)c(Nc3ccccc3CS(N)(=O)=O)n2)cc2c1cnn2C. The quantitative estimate of drug-likeness (QED) is 0.367. The van der Waals surface area contributed by atoms with E-state index in [1.54, 1.807) is 30.5 Å². The fraction of sp³-hybridized carbons (Fsp3) is 0.150. The monoisotopic (exact) mass is 501 g/mol. The number of hydrogen-bond donors (Lipinski definition) is 3. The molecule has 0 spiro atoms. The predicted octanol–water partition coefficient (Wildman–Crippen LogP) is 3.71. The Morgan fingerprint density at radius 2 is 1.94 bits per heavy atom. The molecule has 4 N–H and O–H groups in total. The largest absolute Gasteiger partial charge is 0.339 e. The minimum atomic E-state index is -3.68. The first kappa shape index (κ1) is 21.2. The lowest BCUT2D eigenvalue weighted by Crippen LogP contribution is -2.15. The van der Waals surface area contributed by atoms with Crippen LogP contribution in [-0.2, 0) is 22.8 Å². The molecule has 4 rings (SSSR count). The van der Waals surface area contributed by atoms with Crippen LogP contribution in [0.5, 0.6) is 0 Å². The van der Waals surface area contributed by atoms with Gasteiger partial charge in [0.25, 0.3) is 0 Å². The lowest BCUT2D eigenvalue weighted by molar-refractivity contribution is 0.597. The Balaban J connectivity index is 1.64. The van der Waals surface area contributed by atoms with Gasteiger partial charge in [0.15, 0.2) is 0 Å². The Hall–Kier alpha value is -3.02. The van der Waals surface area contributed by atoms with Crippen LogP contribution in [0.15, 0.2) is 53.3 Å². The second-order valence-electron chi connectivity index (χ2n) is 7.10. The van der Waals surface area contributed by atoms with E-state index in [9.17, 15) is 8.42 Å². The highest BCUT2D eigenvalue weighted by molar-refractivity contribution is 9.10. The molecule has 0 atom stereocenters. The molecule has 0 saturated carbocycles. The summed E-state index contributed by atoms with van der Waals surface area (Å²) in [6.07, 6.45) is 3.46. The molecule has 2 aromatic carbocycles. The number of halogens is 1. The van der Waals surface area contributed by atoms with Gasteiger partial charge >= 0.3 is 0 Å². The molecule has 11 heteroatoms. The van der Waals surface area contributed by atoms with Crippen LogP contribution in [0, 0.1) is 6.92 Å². The van der Waals surface area contributed by atoms with Gasteiger partial charge in [-0.1, -0.05) is 18.2 Å². The van der Waals surface area contributed by atoms with Crippen molar-refractivity contribution >= 4 is 60.0 Å². The molecule has 0 saturated heterocycles. The Morgan fingerprint density at radius 1 is 1.16 bits per heavy atom. The van der Waals surface area contributed by atoms with E-state index in [0.29, 0.717) is 27.5 Å². The van der Waals surface area contributed by atoms with Crippen LogP contribution < -0.4 is 15.8 Å². The molecule has 0 aliphatic rings. The molecule has 31 heavy (non-hydrogen) atoms. The first-order valence-electron chi connectivity index (χ1n) is 9.27. The zero-order chi connectivity index (χ0) is 22.2. The minimum absolute atomic E-state index is 0.284. The maximum atomic E-state index is 11.6. The number of nitrogens with zero attached hydrogens (tertiary/aromatic N) is 4. The molecule has 0 fully saturated rings. The molecule has 2 aromatic heterocycles. The summed E-state index contributed by atoms with van der Waals surface area (Å²) in [5, 5.41) is 17.0. The third-order valence-corrected chi connectivity index (χ3v) is 5.99. The van der Waals surface area contributed by atoms with Gasteiger partial charge in [-0.2, -0.15) is 10.1 Å². The van der Waals surface area contributed by atoms with Crippen LogP contribution in [-0.4, -0.2) is 28.2 Å². The summed E-state index contributed by atoms with van der Waals surface area (Å²) in [6.45, 7) is 2.02. The summed E-state index contributed by atoms with van der Waals surface area (Å²) in [4.78, 5) is 8.87. The summed E-state index contributed by atoms with van der Waals surface area (Å²) in [7, 11) is -1.78. The van der Waals surface area contributed by atoms with Crippen LogP contribution >= 0.6 is 15.9 Å². The topological polar surface area (TPSA) is 128 Å². The number of benzene rings is 2. The van der Waals surface area contributed by atoms with E-state index in [1.807, 2.05) is 37.0 Å². The van der Waals surface area contributed by atoms with E-state index in [0.717, 1.165) is 22.2 Å². The van der Waals surface area contributed by atoms with E-state index in [2.05, 4.69) is 41.6 Å². The van der Waals surface area contributed by atoms with E-state index < -0.39 is 10.0 Å². The number of rotatable bonds is 6. The summed E-state index contributed by atoms with van der Waals surface area (Å²) < 4.78 is 25.5. The van der Waals surface area contributed by atoms with E-state index in [4.69, 9.17) is 5.14 Å². The van der Waals surface area contributed by atoms with Gasteiger partial charge in [0.05, 0.1) is 21.9 Å². The Bertz CT molecular complexity index is 1390. The van der Waals surface area contributed by atoms with Gasteiger partial charge in [-0.25, -0.2) is 18.5 Å². The minimum Gasteiger partial charge on any atom is -0.339 e. The van der Waals surface area contributed by atoms with Gasteiger partial charge in [-0.05, 0) is 52.2 Å². The van der Waals surface area contributed by atoms with Gasteiger partial charge in [-0.15, -0.1) is 0 Å². The summed E-state index contributed by atoms with van der Waals surface area (Å²) in [5.41, 5.74) is 4.04. The van der Waals surface area contributed by atoms with Gasteiger partial charge < -0.3 is 10.6 Å². The summed E-state index contributed by atoms with van der Waals surface area (Å²) in [5.74, 6) is 0.585. The highest BCUT2D eigenvalue weighted by Crippen LogP contribution is 2.29. The number of hydrogen-bond acceptors (Lipinski definition) is 7. The Morgan fingerprint density at radius 3 is 2.71 bits per heavy atom. The summed E-state index contributed by atoms with van der Waals surface area (Å²) in [6, 6.07) is 11.0. The number of nitrogens with two attached hydrogens (primary N) is 1. The maximum absolute atomic E-state index is 11.6. The number of primary sulfonamides is 1. The summed E-state index contributed by atoms with van der Waals surface area (Å²) >= 11 is 3.44. The third-order valence-electron chi connectivity index (χ3n) is 4.70. The molecule has 0 unspecified atom stereocenters. The Kier molecular flexibility index (Phi) is 5.65. The molecule has 4 aromatic rings. The molecule has 0 aliphatic heterocycles. The number of para-hydroxylation sites is 1. The lowest BCUT2D eigenvalue weighted by atomic mass is 10.1. The number of fused-ring (bicyclic) bond motifs is 1. The van der Waals surface area contributed by atoms with Crippen molar-refractivity contribution in [2.45, 2.75) is 12.7 Å². The number of anilines is 4. The first-order valence-corrected chi connectivity index (χ1v) is 11.8. The first-order chi connectivity index (χ1) is 14.7. The fourth-order valence-corrected chi connectivity index (χ4v) is 4.23. The molecular weight excluding hydrogens is 482 g/mol. The van der Waals surface area contributed by atoms with Crippen molar-refractivity contribution in [1.82, 2.24) is 19.7 Å². The average molecular weight is 502 g/mol. The third kappa shape index (κ3) is 4.84. The zero-order valence-electron chi connectivity index (χ0n) is 16.8. The van der Waals surface area contributed by atoms with Gasteiger partial charge in [-0.3, -0.25) is 4.68 Å². The number of aromatic nitrogens is 4. The molecule has 9 nitrogen and oxygen atoms in total. The van der Waals surface area contributed by atoms with Crippen molar-refractivity contribution in [3.8, 4) is 0 Å². The average Bonchev–Trinajstić information content (AvgIpc) is 3.06. The number of nitrogens with one attached hydrogen (secondary N) is 2. The van der Waals surface area contributed by atoms with E-state index in [1.165, 1.54) is 0 Å². The molecule has 0 bridgehead atoms. The standard InChI is InChI=1S/C20H20BrN7O2S/c1-12-7-14(8-18-15(12)9-24-28(18)2)25-20-23-10-16(21)19(27-20)26-17-6-4-3-5-13(17)11-31(22,29)30/h3-10H,11H2,1-2H3,(H2,22,29,30)(H2,23,25,26,27). The highest BCUT2D eigenvalue weighted by atomic mass is 79.9. The zero-order valence-corrected chi connectivity index (χ0v) is 19.2. The van der Waals surface area contributed by atoms with E-state index in [-0.39, 0.29) is 5.75 Å². The Labute approximate surface area is 187 Å². The second-order valence-corrected chi connectivity index (χ2v) is 9.57. The van der Waals surface area contributed by atoms with Crippen molar-refractivity contribution in [2.75, 3.05) is 10.6 Å². The van der Waals surface area contributed by atoms with Crippen LogP contribution in [0.2, 0.25) is 0 Å². The van der Waals surface area contributed by atoms with Gasteiger partial charge in [0.2, 0.25) is 16.0 Å². The molecule has 160 valence electrons. The maximum Gasteiger partial charge on any atom is 0.229 e. The predicted molar refractivity (Wildman–Crippen MR) is 125 cm³/mol. The van der Waals surface area contributed by atoms with Crippen molar-refractivity contribution in [3.63, 3.8) is 0 Å². The second kappa shape index (κ2) is 8.25. The molecule has 2 heterocycles. The van der Waals surface area contributed by atoms with Crippen LogP contribution in [0.3, 0.4) is 0 Å². The molecule has 0 amide bonds. The van der Waals surface area contributed by atoms with Crippen LogP contribution in [0.1, 0.15) is 11.1 Å². The van der Waals surface area contributed by atoms with Crippen LogP contribution in [0.25, 0.3) is 10.9 Å². The van der Waals surface area contributed by atoms with Crippen molar-refractivity contribution < 1.29 is 8.42 Å². The van der Waals surface area contributed by atoms with E-state index >= 15 is 0 Å². The smallest absolute Gasteiger partial charge is 0.229 e. The van der Waals surface area contributed by atoms with Crippen molar-refractivity contribution in [3.05, 3.63) is 64.4 Å². The van der Waals surface area contributed by atoms with Crippen molar-refractivity contribution in [2.24, 2.45) is 12.2 Å². The lowest BCUT2D eigenvalue weighted by Gasteiger charge is -2.13. The highest BCUT2D eigenvalue weighted by Gasteiger charge is 2.13. The van der Waals surface area contributed by atoms with Crippen LogP contribution in [0.4, 0.5) is 23.1 Å². The molecule has 0 radical (unpaired) electrons. The molecule has 0 aliphatic carbocycles.